The molecule has 2 aromatic rings. The SMILES string of the molecule is COc1ccc(CCNc2cc(C(=O)NC3CCCC3)ncn2)cc1OC. The molecule has 27 heavy (non-hydrogen) atoms. The molecule has 1 saturated carbocycles. The minimum absolute atomic E-state index is 0.132. The van der Waals surface area contributed by atoms with Gasteiger partial charge in [-0.25, -0.2) is 9.97 Å². The number of nitrogens with zero attached hydrogens (tertiary/aromatic N) is 2. The Labute approximate surface area is 159 Å². The smallest absolute Gasteiger partial charge is 0.270 e. The van der Waals surface area contributed by atoms with Crippen LogP contribution < -0.4 is 20.1 Å². The maximum Gasteiger partial charge on any atom is 0.270 e. The number of nitrogens with one attached hydrogen (secondary N) is 2. The highest BCUT2D eigenvalue weighted by Crippen LogP contribution is 2.27. The Morgan fingerprint density at radius 1 is 1.11 bits per heavy atom. The first kappa shape index (κ1) is 18.9. The van der Waals surface area contributed by atoms with Crippen LogP contribution in [0.2, 0.25) is 0 Å². The fourth-order valence-corrected chi connectivity index (χ4v) is 3.28. The number of amides is 1. The summed E-state index contributed by atoms with van der Waals surface area (Å²) in [6.07, 6.45) is 6.66. The van der Waals surface area contributed by atoms with Gasteiger partial charge in [-0.15, -0.1) is 0 Å². The Balaban J connectivity index is 1.54. The largest absolute Gasteiger partial charge is 0.493 e. The van der Waals surface area contributed by atoms with Crippen molar-refractivity contribution >= 4 is 11.7 Å². The highest BCUT2D eigenvalue weighted by molar-refractivity contribution is 5.93. The molecule has 0 radical (unpaired) electrons. The predicted molar refractivity (Wildman–Crippen MR) is 103 cm³/mol. The molecule has 144 valence electrons. The number of carbonyl (C=O) groups excluding carboxylic acids is 1. The lowest BCUT2D eigenvalue weighted by Crippen LogP contribution is -2.33. The first-order valence-corrected chi connectivity index (χ1v) is 9.27. The van der Waals surface area contributed by atoms with Crippen LogP contribution in [0.3, 0.4) is 0 Å². The van der Waals surface area contributed by atoms with Gasteiger partial charge in [0.2, 0.25) is 0 Å². The third-order valence-electron chi connectivity index (χ3n) is 4.76. The van der Waals surface area contributed by atoms with Gasteiger partial charge in [0.1, 0.15) is 17.8 Å². The van der Waals surface area contributed by atoms with Gasteiger partial charge in [0, 0.05) is 18.7 Å². The normalized spacial score (nSPS) is 14.0. The van der Waals surface area contributed by atoms with E-state index in [0.717, 1.165) is 24.8 Å². The van der Waals surface area contributed by atoms with Crippen molar-refractivity contribution < 1.29 is 14.3 Å². The number of benzene rings is 1. The van der Waals surface area contributed by atoms with Gasteiger partial charge < -0.3 is 20.1 Å². The number of carbonyl (C=O) groups is 1. The van der Waals surface area contributed by atoms with E-state index in [1.165, 1.54) is 19.2 Å². The maximum absolute atomic E-state index is 12.3. The Hall–Kier alpha value is -2.83. The number of anilines is 1. The molecule has 0 aliphatic heterocycles. The Morgan fingerprint density at radius 2 is 1.89 bits per heavy atom. The summed E-state index contributed by atoms with van der Waals surface area (Å²) >= 11 is 0. The molecule has 0 atom stereocenters. The fourth-order valence-electron chi connectivity index (χ4n) is 3.28. The van der Waals surface area contributed by atoms with E-state index in [-0.39, 0.29) is 11.9 Å². The summed E-state index contributed by atoms with van der Waals surface area (Å²) in [5.41, 5.74) is 1.51. The molecule has 0 saturated heterocycles. The molecular weight excluding hydrogens is 344 g/mol. The van der Waals surface area contributed by atoms with E-state index in [0.29, 0.717) is 29.6 Å². The van der Waals surface area contributed by atoms with E-state index in [2.05, 4.69) is 20.6 Å². The van der Waals surface area contributed by atoms with E-state index in [4.69, 9.17) is 9.47 Å². The molecule has 1 heterocycles. The van der Waals surface area contributed by atoms with Gasteiger partial charge in [0.15, 0.2) is 11.5 Å². The quantitative estimate of drug-likeness (QED) is 0.743. The monoisotopic (exact) mass is 370 g/mol. The second kappa shape index (κ2) is 9.21. The van der Waals surface area contributed by atoms with E-state index in [1.807, 2.05) is 18.2 Å². The van der Waals surface area contributed by atoms with E-state index in [1.54, 1.807) is 20.3 Å². The summed E-state index contributed by atoms with van der Waals surface area (Å²) in [5, 5.41) is 6.29. The van der Waals surface area contributed by atoms with Gasteiger partial charge in [-0.3, -0.25) is 4.79 Å². The number of hydrogen-bond donors (Lipinski definition) is 2. The minimum Gasteiger partial charge on any atom is -0.493 e. The van der Waals surface area contributed by atoms with Crippen molar-refractivity contribution in [2.75, 3.05) is 26.1 Å². The Morgan fingerprint density at radius 3 is 2.63 bits per heavy atom. The van der Waals surface area contributed by atoms with Crippen molar-refractivity contribution in [1.82, 2.24) is 15.3 Å². The van der Waals surface area contributed by atoms with Crippen molar-refractivity contribution in [2.24, 2.45) is 0 Å². The highest BCUT2D eigenvalue weighted by atomic mass is 16.5. The molecule has 1 amide bonds. The molecule has 2 N–H and O–H groups in total. The molecule has 7 nitrogen and oxygen atoms in total. The van der Waals surface area contributed by atoms with Crippen molar-refractivity contribution in [3.05, 3.63) is 41.9 Å². The molecule has 1 fully saturated rings. The van der Waals surface area contributed by atoms with Crippen LogP contribution in [0, 0.1) is 0 Å². The topological polar surface area (TPSA) is 85.4 Å². The number of aromatic nitrogens is 2. The van der Waals surface area contributed by atoms with Gasteiger partial charge >= 0.3 is 0 Å². The lowest BCUT2D eigenvalue weighted by Gasteiger charge is -2.12. The van der Waals surface area contributed by atoms with Crippen LogP contribution >= 0.6 is 0 Å². The van der Waals surface area contributed by atoms with Gasteiger partial charge in [-0.1, -0.05) is 18.9 Å². The molecule has 0 spiro atoms. The molecule has 1 aromatic heterocycles. The zero-order chi connectivity index (χ0) is 19.1. The average molecular weight is 370 g/mol. The van der Waals surface area contributed by atoms with Crippen LogP contribution in [0.25, 0.3) is 0 Å². The fraction of sp³-hybridized carbons (Fsp3) is 0.450. The molecule has 1 aromatic carbocycles. The summed E-state index contributed by atoms with van der Waals surface area (Å²) in [7, 11) is 3.24. The molecule has 1 aliphatic carbocycles. The number of methoxy groups -OCH3 is 2. The summed E-state index contributed by atoms with van der Waals surface area (Å²) in [5.74, 6) is 1.93. The second-order valence-electron chi connectivity index (χ2n) is 6.61. The van der Waals surface area contributed by atoms with Crippen molar-refractivity contribution in [3.63, 3.8) is 0 Å². The number of rotatable bonds is 8. The Kier molecular flexibility index (Phi) is 6.46. The predicted octanol–water partition coefficient (Wildman–Crippen LogP) is 2.82. The van der Waals surface area contributed by atoms with Gasteiger partial charge in [-0.2, -0.15) is 0 Å². The number of ether oxygens (including phenoxy) is 2. The van der Waals surface area contributed by atoms with Crippen molar-refractivity contribution in [3.8, 4) is 11.5 Å². The molecule has 0 unspecified atom stereocenters. The highest BCUT2D eigenvalue weighted by Gasteiger charge is 2.18. The molecule has 1 aliphatic rings. The van der Waals surface area contributed by atoms with Gasteiger partial charge in [0.25, 0.3) is 5.91 Å². The van der Waals surface area contributed by atoms with Crippen LogP contribution in [-0.2, 0) is 6.42 Å². The van der Waals surface area contributed by atoms with Crippen molar-refractivity contribution in [1.29, 1.82) is 0 Å². The van der Waals surface area contributed by atoms with Crippen molar-refractivity contribution in [2.45, 2.75) is 38.1 Å². The molecule has 3 rings (SSSR count). The van der Waals surface area contributed by atoms with Crippen LogP contribution in [0.1, 0.15) is 41.7 Å². The minimum atomic E-state index is -0.132. The van der Waals surface area contributed by atoms with E-state index in [9.17, 15) is 4.79 Å². The third-order valence-corrected chi connectivity index (χ3v) is 4.76. The number of hydrogen-bond acceptors (Lipinski definition) is 6. The second-order valence-corrected chi connectivity index (χ2v) is 6.61. The lowest BCUT2D eigenvalue weighted by molar-refractivity contribution is 0.0932. The third kappa shape index (κ3) is 5.09. The zero-order valence-electron chi connectivity index (χ0n) is 15.8. The summed E-state index contributed by atoms with van der Waals surface area (Å²) in [6, 6.07) is 7.82. The molecule has 7 heteroatoms. The first-order valence-electron chi connectivity index (χ1n) is 9.27. The van der Waals surface area contributed by atoms with Crippen LogP contribution in [0.5, 0.6) is 11.5 Å². The average Bonchev–Trinajstić information content (AvgIpc) is 3.21. The summed E-state index contributed by atoms with van der Waals surface area (Å²) in [4.78, 5) is 20.6. The van der Waals surface area contributed by atoms with Crippen LogP contribution in [-0.4, -0.2) is 42.7 Å². The lowest BCUT2D eigenvalue weighted by atomic mass is 10.1. The van der Waals surface area contributed by atoms with Crippen LogP contribution in [0.4, 0.5) is 5.82 Å². The van der Waals surface area contributed by atoms with Crippen LogP contribution in [0.15, 0.2) is 30.6 Å². The van der Waals surface area contributed by atoms with E-state index >= 15 is 0 Å². The molecule has 0 bridgehead atoms. The standard InChI is InChI=1S/C20H26N4O3/c1-26-17-8-7-14(11-18(17)27-2)9-10-21-19-12-16(22-13-23-19)20(25)24-15-5-3-4-6-15/h7-8,11-13,15H,3-6,9-10H2,1-2H3,(H,24,25)(H,21,22,23). The summed E-state index contributed by atoms with van der Waals surface area (Å²) in [6.45, 7) is 0.677. The zero-order valence-corrected chi connectivity index (χ0v) is 15.8. The Bertz CT molecular complexity index is 776. The van der Waals surface area contributed by atoms with Gasteiger partial charge in [-0.05, 0) is 37.0 Å². The van der Waals surface area contributed by atoms with Gasteiger partial charge in [0.05, 0.1) is 14.2 Å². The first-order chi connectivity index (χ1) is 13.2. The maximum atomic E-state index is 12.3. The van der Waals surface area contributed by atoms with E-state index < -0.39 is 0 Å². The summed E-state index contributed by atoms with van der Waals surface area (Å²) < 4.78 is 10.6. The molecular formula is C20H26N4O3.